The number of hydrogen-bond acceptors (Lipinski definition) is 2. The van der Waals surface area contributed by atoms with Crippen LogP contribution < -0.4 is 0 Å². The third kappa shape index (κ3) is 1.59. The Kier molecular flexibility index (Phi) is 2.66. The molecule has 0 spiro atoms. The van der Waals surface area contributed by atoms with Crippen LogP contribution in [0.5, 0.6) is 0 Å². The zero-order chi connectivity index (χ0) is 9.97. The van der Waals surface area contributed by atoms with Crippen LogP contribution >= 0.6 is 0 Å². The molecule has 0 atom stereocenters. The number of hydrogen-bond donors (Lipinski definition) is 0. The molecule has 3 heteroatoms. The SMILES string of the molecule is O=CC1=C(N2CCCC2=O)CCCC1. The predicted molar refractivity (Wildman–Crippen MR) is 52.5 cm³/mol. The Balaban J connectivity index is 2.25. The lowest BCUT2D eigenvalue weighted by Crippen LogP contribution is -2.26. The average Bonchev–Trinajstić information content (AvgIpc) is 2.64. The summed E-state index contributed by atoms with van der Waals surface area (Å²) in [5, 5.41) is 0. The van der Waals surface area contributed by atoms with Crippen molar-refractivity contribution in [3.05, 3.63) is 11.3 Å². The van der Waals surface area contributed by atoms with Crippen LogP contribution in [-0.2, 0) is 9.59 Å². The fourth-order valence-electron chi connectivity index (χ4n) is 2.28. The minimum absolute atomic E-state index is 0.196. The first kappa shape index (κ1) is 9.44. The molecule has 3 nitrogen and oxygen atoms in total. The number of carbonyl (C=O) groups excluding carboxylic acids is 2. The minimum atomic E-state index is 0.196. The lowest BCUT2D eigenvalue weighted by atomic mass is 9.96. The maximum absolute atomic E-state index is 11.5. The van der Waals surface area contributed by atoms with Crippen molar-refractivity contribution in [2.75, 3.05) is 6.54 Å². The van der Waals surface area contributed by atoms with Crippen molar-refractivity contribution in [1.82, 2.24) is 4.90 Å². The summed E-state index contributed by atoms with van der Waals surface area (Å²) in [6.45, 7) is 0.811. The molecule has 1 saturated heterocycles. The molecule has 1 aliphatic carbocycles. The van der Waals surface area contributed by atoms with Gasteiger partial charge in [0.2, 0.25) is 5.91 Å². The Morgan fingerprint density at radius 1 is 1.07 bits per heavy atom. The first-order valence-electron chi connectivity index (χ1n) is 5.30. The van der Waals surface area contributed by atoms with Gasteiger partial charge in [-0.1, -0.05) is 0 Å². The Morgan fingerprint density at radius 2 is 1.86 bits per heavy atom. The molecular weight excluding hydrogens is 178 g/mol. The van der Waals surface area contributed by atoms with Gasteiger partial charge in [-0.2, -0.15) is 0 Å². The number of carbonyl (C=O) groups is 2. The summed E-state index contributed by atoms with van der Waals surface area (Å²) in [6, 6.07) is 0. The second-order valence-corrected chi connectivity index (χ2v) is 3.95. The van der Waals surface area contributed by atoms with Crippen LogP contribution in [0, 0.1) is 0 Å². The van der Waals surface area contributed by atoms with Crippen LogP contribution in [0.1, 0.15) is 38.5 Å². The highest BCUT2D eigenvalue weighted by Gasteiger charge is 2.26. The van der Waals surface area contributed by atoms with E-state index in [0.29, 0.717) is 6.42 Å². The summed E-state index contributed by atoms with van der Waals surface area (Å²) in [7, 11) is 0. The summed E-state index contributed by atoms with van der Waals surface area (Å²) < 4.78 is 0. The highest BCUT2D eigenvalue weighted by molar-refractivity contribution is 5.83. The van der Waals surface area contributed by atoms with E-state index in [1.165, 1.54) is 0 Å². The van der Waals surface area contributed by atoms with Gasteiger partial charge < -0.3 is 4.90 Å². The Bertz CT molecular complexity index is 294. The molecular formula is C11H15NO2. The molecule has 1 aliphatic heterocycles. The van der Waals surface area contributed by atoms with Gasteiger partial charge in [0.15, 0.2) is 0 Å². The van der Waals surface area contributed by atoms with Crippen molar-refractivity contribution in [1.29, 1.82) is 0 Å². The topological polar surface area (TPSA) is 37.4 Å². The normalized spacial score (nSPS) is 23.1. The number of allylic oxidation sites excluding steroid dienone is 2. The lowest BCUT2D eigenvalue weighted by Gasteiger charge is -2.25. The van der Waals surface area contributed by atoms with E-state index >= 15 is 0 Å². The van der Waals surface area contributed by atoms with Gasteiger partial charge in [0.1, 0.15) is 6.29 Å². The van der Waals surface area contributed by atoms with Crippen LogP contribution in [0.25, 0.3) is 0 Å². The first-order chi connectivity index (χ1) is 6.83. The molecule has 0 aromatic heterocycles. The number of aldehydes is 1. The van der Waals surface area contributed by atoms with Gasteiger partial charge in [0.05, 0.1) is 0 Å². The van der Waals surface area contributed by atoms with Gasteiger partial charge in [-0.25, -0.2) is 0 Å². The van der Waals surface area contributed by atoms with E-state index in [1.54, 1.807) is 0 Å². The van der Waals surface area contributed by atoms with Crippen LogP contribution in [0.3, 0.4) is 0 Å². The van der Waals surface area contributed by atoms with Crippen molar-refractivity contribution in [2.45, 2.75) is 38.5 Å². The maximum Gasteiger partial charge on any atom is 0.226 e. The molecule has 0 bridgehead atoms. The summed E-state index contributed by atoms with van der Waals surface area (Å²) in [5.41, 5.74) is 1.86. The van der Waals surface area contributed by atoms with Gasteiger partial charge in [-0.05, 0) is 32.1 Å². The van der Waals surface area contributed by atoms with Crippen LogP contribution in [0.4, 0.5) is 0 Å². The van der Waals surface area contributed by atoms with E-state index in [1.807, 2.05) is 4.90 Å². The first-order valence-corrected chi connectivity index (χ1v) is 5.30. The summed E-state index contributed by atoms with van der Waals surface area (Å²) in [6.07, 6.45) is 6.46. The standard InChI is InChI=1S/C11H15NO2/c13-8-9-4-1-2-5-10(9)12-7-3-6-11(12)14/h8H,1-7H2. The number of amides is 1. The zero-order valence-electron chi connectivity index (χ0n) is 8.29. The highest BCUT2D eigenvalue weighted by atomic mass is 16.2. The van der Waals surface area contributed by atoms with Gasteiger partial charge in [0, 0.05) is 24.2 Å². The van der Waals surface area contributed by atoms with Gasteiger partial charge in [0.25, 0.3) is 0 Å². The molecule has 0 saturated carbocycles. The third-order valence-electron chi connectivity index (χ3n) is 3.02. The summed E-state index contributed by atoms with van der Waals surface area (Å²) >= 11 is 0. The van der Waals surface area contributed by atoms with Crippen molar-refractivity contribution < 1.29 is 9.59 Å². The summed E-state index contributed by atoms with van der Waals surface area (Å²) in [4.78, 5) is 24.2. The van der Waals surface area contributed by atoms with E-state index in [-0.39, 0.29) is 5.91 Å². The molecule has 0 radical (unpaired) electrons. The molecule has 1 fully saturated rings. The number of likely N-dealkylation sites (tertiary alicyclic amines) is 1. The van der Waals surface area contributed by atoms with Gasteiger partial charge in [-0.15, -0.1) is 0 Å². The van der Waals surface area contributed by atoms with Crippen LogP contribution in [-0.4, -0.2) is 23.6 Å². The fraction of sp³-hybridized carbons (Fsp3) is 0.636. The lowest BCUT2D eigenvalue weighted by molar-refractivity contribution is -0.126. The quantitative estimate of drug-likeness (QED) is 0.625. The largest absolute Gasteiger partial charge is 0.316 e. The smallest absolute Gasteiger partial charge is 0.226 e. The fourth-order valence-corrected chi connectivity index (χ4v) is 2.28. The number of nitrogens with zero attached hydrogens (tertiary/aromatic N) is 1. The molecule has 2 aliphatic rings. The molecule has 14 heavy (non-hydrogen) atoms. The Labute approximate surface area is 83.8 Å². The molecule has 0 aromatic rings. The van der Waals surface area contributed by atoms with Crippen molar-refractivity contribution in [3.63, 3.8) is 0 Å². The molecule has 76 valence electrons. The van der Waals surface area contributed by atoms with Crippen LogP contribution in [0.15, 0.2) is 11.3 Å². The Hall–Kier alpha value is -1.12. The van der Waals surface area contributed by atoms with Crippen molar-refractivity contribution in [2.24, 2.45) is 0 Å². The van der Waals surface area contributed by atoms with E-state index in [9.17, 15) is 9.59 Å². The monoisotopic (exact) mass is 193 g/mol. The molecule has 1 heterocycles. The summed E-state index contributed by atoms with van der Waals surface area (Å²) in [5.74, 6) is 0.196. The number of rotatable bonds is 2. The van der Waals surface area contributed by atoms with Gasteiger partial charge in [-0.3, -0.25) is 9.59 Å². The minimum Gasteiger partial charge on any atom is -0.316 e. The van der Waals surface area contributed by atoms with E-state index in [2.05, 4.69) is 0 Å². The molecule has 0 unspecified atom stereocenters. The van der Waals surface area contributed by atoms with E-state index in [0.717, 1.165) is 56.2 Å². The second kappa shape index (κ2) is 3.95. The van der Waals surface area contributed by atoms with Crippen LogP contribution in [0.2, 0.25) is 0 Å². The molecule has 0 aromatic carbocycles. The van der Waals surface area contributed by atoms with Gasteiger partial charge >= 0.3 is 0 Å². The second-order valence-electron chi connectivity index (χ2n) is 3.95. The highest BCUT2D eigenvalue weighted by Crippen LogP contribution is 2.29. The van der Waals surface area contributed by atoms with Crippen molar-refractivity contribution in [3.8, 4) is 0 Å². The Morgan fingerprint density at radius 3 is 2.50 bits per heavy atom. The molecule has 0 N–H and O–H groups in total. The van der Waals surface area contributed by atoms with E-state index < -0.39 is 0 Å². The predicted octanol–water partition coefficient (Wildman–Crippen LogP) is 1.64. The van der Waals surface area contributed by atoms with E-state index in [4.69, 9.17) is 0 Å². The third-order valence-corrected chi connectivity index (χ3v) is 3.02. The van der Waals surface area contributed by atoms with Crippen molar-refractivity contribution >= 4 is 12.2 Å². The zero-order valence-corrected chi connectivity index (χ0v) is 8.29. The molecule has 1 amide bonds. The average molecular weight is 193 g/mol. The molecule has 2 rings (SSSR count). The maximum atomic E-state index is 11.5.